The van der Waals surface area contributed by atoms with Crippen molar-refractivity contribution in [1.29, 1.82) is 0 Å². The number of aryl methyl sites for hydroxylation is 1. The molecule has 1 unspecified atom stereocenters. The van der Waals surface area contributed by atoms with Crippen molar-refractivity contribution in [2.45, 2.75) is 18.7 Å². The van der Waals surface area contributed by atoms with E-state index in [2.05, 4.69) is 54.0 Å². The molecule has 0 N–H and O–H groups in total. The van der Waals surface area contributed by atoms with E-state index in [1.54, 1.807) is 0 Å². The number of hydrogen-bond donors (Lipinski definition) is 0. The molecule has 13 heavy (non-hydrogen) atoms. The van der Waals surface area contributed by atoms with Crippen LogP contribution in [0.4, 0.5) is 0 Å². The van der Waals surface area contributed by atoms with Gasteiger partial charge in [-0.15, -0.1) is 11.8 Å². The first-order valence-corrected chi connectivity index (χ1v) is 6.59. The Morgan fingerprint density at radius 2 is 2.08 bits per heavy atom. The summed E-state index contributed by atoms with van der Waals surface area (Å²) in [6.45, 7) is 4.43. The van der Waals surface area contributed by atoms with Crippen LogP contribution >= 0.6 is 27.7 Å². The molecule has 1 rings (SSSR count). The summed E-state index contributed by atoms with van der Waals surface area (Å²) in [6.07, 6.45) is 0. The van der Waals surface area contributed by atoms with Gasteiger partial charge in [-0.1, -0.05) is 41.1 Å². The molecule has 0 aliphatic rings. The lowest BCUT2D eigenvalue weighted by Gasteiger charge is -2.08. The van der Waals surface area contributed by atoms with E-state index < -0.39 is 0 Å². The summed E-state index contributed by atoms with van der Waals surface area (Å²) in [5.41, 5.74) is 1.38. The van der Waals surface area contributed by atoms with E-state index in [0.717, 1.165) is 11.2 Å². The number of thioether (sulfide) groups is 1. The van der Waals surface area contributed by atoms with Crippen LogP contribution in [0.1, 0.15) is 12.5 Å². The highest BCUT2D eigenvalue weighted by atomic mass is 79.9. The van der Waals surface area contributed by atoms with Gasteiger partial charge in [-0.3, -0.25) is 0 Å². The molecule has 0 heterocycles. The van der Waals surface area contributed by atoms with Crippen LogP contribution in [0, 0.1) is 12.8 Å². The highest BCUT2D eigenvalue weighted by Crippen LogP contribution is 2.24. The Labute approximate surface area is 93.2 Å². The summed E-state index contributed by atoms with van der Waals surface area (Å²) in [5, 5.41) is 1.09. The zero-order valence-corrected chi connectivity index (χ0v) is 10.5. The largest absolute Gasteiger partial charge is 0.126 e. The van der Waals surface area contributed by atoms with Gasteiger partial charge in [0.25, 0.3) is 0 Å². The molecule has 0 aromatic heterocycles. The maximum Gasteiger partial charge on any atom is 0.0101 e. The molecule has 2 heteroatoms. The molecule has 1 aromatic carbocycles. The van der Waals surface area contributed by atoms with Crippen LogP contribution in [0.25, 0.3) is 0 Å². The maximum absolute atomic E-state index is 3.49. The number of halogens is 1. The molecule has 0 saturated carbocycles. The molecule has 0 spiro atoms. The Balaban J connectivity index is 2.50. The van der Waals surface area contributed by atoms with E-state index in [-0.39, 0.29) is 0 Å². The zero-order chi connectivity index (χ0) is 9.68. The topological polar surface area (TPSA) is 0 Å². The fraction of sp³-hybridized carbons (Fsp3) is 0.455. The second kappa shape index (κ2) is 5.71. The average Bonchev–Trinajstić information content (AvgIpc) is 2.16. The van der Waals surface area contributed by atoms with Crippen molar-refractivity contribution in [3.05, 3.63) is 29.8 Å². The molecule has 0 fully saturated rings. The lowest BCUT2D eigenvalue weighted by Crippen LogP contribution is -1.98. The van der Waals surface area contributed by atoms with Gasteiger partial charge >= 0.3 is 0 Å². The van der Waals surface area contributed by atoms with Crippen molar-refractivity contribution in [1.82, 2.24) is 0 Å². The van der Waals surface area contributed by atoms with Gasteiger partial charge < -0.3 is 0 Å². The molecule has 0 saturated heterocycles. The SMILES string of the molecule is Cc1ccccc1SCC(C)CBr. The van der Waals surface area contributed by atoms with Crippen LogP contribution in [0.5, 0.6) is 0 Å². The van der Waals surface area contributed by atoms with E-state index in [9.17, 15) is 0 Å². The predicted octanol–water partition coefficient (Wildman–Crippen LogP) is 4.12. The van der Waals surface area contributed by atoms with Crippen molar-refractivity contribution in [3.8, 4) is 0 Å². The molecule has 0 bridgehead atoms. The Kier molecular flexibility index (Phi) is 4.89. The summed E-state index contributed by atoms with van der Waals surface area (Å²) in [6, 6.07) is 8.56. The van der Waals surface area contributed by atoms with Crippen molar-refractivity contribution in [2.75, 3.05) is 11.1 Å². The van der Waals surface area contributed by atoms with Gasteiger partial charge in [-0.05, 0) is 24.5 Å². The van der Waals surface area contributed by atoms with Gasteiger partial charge in [-0.2, -0.15) is 0 Å². The molecular formula is C11H15BrS. The quantitative estimate of drug-likeness (QED) is 0.579. The minimum Gasteiger partial charge on any atom is -0.126 e. The van der Waals surface area contributed by atoms with Crippen LogP contribution < -0.4 is 0 Å². The van der Waals surface area contributed by atoms with E-state index in [1.807, 2.05) is 11.8 Å². The van der Waals surface area contributed by atoms with Crippen molar-refractivity contribution < 1.29 is 0 Å². The highest BCUT2D eigenvalue weighted by Gasteiger charge is 2.02. The van der Waals surface area contributed by atoms with E-state index in [1.165, 1.54) is 16.2 Å². The first kappa shape index (κ1) is 11.1. The molecule has 1 atom stereocenters. The molecule has 0 nitrogen and oxygen atoms in total. The van der Waals surface area contributed by atoms with Crippen LogP contribution in [-0.4, -0.2) is 11.1 Å². The van der Waals surface area contributed by atoms with Crippen molar-refractivity contribution in [2.24, 2.45) is 5.92 Å². The summed E-state index contributed by atoms with van der Waals surface area (Å²) in [5.74, 6) is 1.93. The Morgan fingerprint density at radius 3 is 2.69 bits per heavy atom. The molecule has 1 aromatic rings. The molecule has 0 amide bonds. The Morgan fingerprint density at radius 1 is 1.38 bits per heavy atom. The van der Waals surface area contributed by atoms with Crippen LogP contribution in [0.15, 0.2) is 29.2 Å². The average molecular weight is 259 g/mol. The van der Waals surface area contributed by atoms with Crippen LogP contribution in [-0.2, 0) is 0 Å². The lowest BCUT2D eigenvalue weighted by molar-refractivity contribution is 0.770. The first-order chi connectivity index (χ1) is 6.24. The van der Waals surface area contributed by atoms with E-state index >= 15 is 0 Å². The zero-order valence-electron chi connectivity index (χ0n) is 8.09. The van der Waals surface area contributed by atoms with Gasteiger partial charge in [0, 0.05) is 16.0 Å². The molecular weight excluding hydrogens is 244 g/mol. The predicted molar refractivity (Wildman–Crippen MR) is 64.9 cm³/mol. The number of benzene rings is 1. The van der Waals surface area contributed by atoms with Gasteiger partial charge in [0.15, 0.2) is 0 Å². The molecule has 72 valence electrons. The molecule has 0 radical (unpaired) electrons. The monoisotopic (exact) mass is 258 g/mol. The van der Waals surface area contributed by atoms with Gasteiger partial charge in [0.1, 0.15) is 0 Å². The summed E-state index contributed by atoms with van der Waals surface area (Å²) < 4.78 is 0. The minimum atomic E-state index is 0.740. The summed E-state index contributed by atoms with van der Waals surface area (Å²) >= 11 is 5.44. The third kappa shape index (κ3) is 3.74. The number of rotatable bonds is 4. The summed E-state index contributed by atoms with van der Waals surface area (Å²) in [4.78, 5) is 1.41. The third-order valence-electron chi connectivity index (χ3n) is 1.88. The lowest BCUT2D eigenvalue weighted by atomic mass is 10.2. The van der Waals surface area contributed by atoms with Gasteiger partial charge in [0.05, 0.1) is 0 Å². The third-order valence-corrected chi connectivity index (χ3v) is 4.49. The molecule has 0 aliphatic carbocycles. The van der Waals surface area contributed by atoms with E-state index in [0.29, 0.717) is 0 Å². The number of alkyl halides is 1. The highest BCUT2D eigenvalue weighted by molar-refractivity contribution is 9.09. The smallest absolute Gasteiger partial charge is 0.0101 e. The Bertz CT molecular complexity index is 260. The first-order valence-electron chi connectivity index (χ1n) is 4.48. The molecule has 0 aliphatic heterocycles. The number of hydrogen-bond acceptors (Lipinski definition) is 1. The van der Waals surface area contributed by atoms with Crippen molar-refractivity contribution in [3.63, 3.8) is 0 Å². The van der Waals surface area contributed by atoms with Crippen LogP contribution in [0.2, 0.25) is 0 Å². The summed E-state index contributed by atoms with van der Waals surface area (Å²) in [7, 11) is 0. The minimum absolute atomic E-state index is 0.740. The second-order valence-electron chi connectivity index (χ2n) is 3.34. The van der Waals surface area contributed by atoms with Gasteiger partial charge in [0.2, 0.25) is 0 Å². The standard InChI is InChI=1S/C11H15BrS/c1-9(7-12)8-13-11-6-4-3-5-10(11)2/h3-6,9H,7-8H2,1-2H3. The Hall–Kier alpha value is 0.0500. The van der Waals surface area contributed by atoms with E-state index in [4.69, 9.17) is 0 Å². The fourth-order valence-corrected chi connectivity index (χ4v) is 2.58. The maximum atomic E-state index is 3.49. The fourth-order valence-electron chi connectivity index (χ4n) is 0.995. The van der Waals surface area contributed by atoms with Gasteiger partial charge in [-0.25, -0.2) is 0 Å². The second-order valence-corrected chi connectivity index (χ2v) is 5.05. The van der Waals surface area contributed by atoms with Crippen LogP contribution in [0.3, 0.4) is 0 Å². The van der Waals surface area contributed by atoms with Crippen molar-refractivity contribution >= 4 is 27.7 Å². The normalized spacial score (nSPS) is 12.8.